The average Bonchev–Trinajstić information content (AvgIpc) is 2.87. The zero-order valence-corrected chi connectivity index (χ0v) is 10.9. The van der Waals surface area contributed by atoms with Crippen molar-refractivity contribution in [3.63, 3.8) is 0 Å². The van der Waals surface area contributed by atoms with Gasteiger partial charge in [0.2, 0.25) is 0 Å². The lowest BCUT2D eigenvalue weighted by molar-refractivity contribution is -0.385. The molecule has 1 aromatic carbocycles. The molecule has 7 heteroatoms. The molecule has 0 saturated heterocycles. The molecule has 2 aromatic rings. The van der Waals surface area contributed by atoms with E-state index in [1.807, 2.05) is 0 Å². The smallest absolute Gasteiger partial charge is 0.310 e. The minimum Gasteiger partial charge on any atom is -0.490 e. The van der Waals surface area contributed by atoms with Gasteiger partial charge in [0.1, 0.15) is 0 Å². The minimum absolute atomic E-state index is 0.0910. The third-order valence-electron chi connectivity index (χ3n) is 2.52. The number of benzene rings is 1. The Labute approximate surface area is 114 Å². The summed E-state index contributed by atoms with van der Waals surface area (Å²) in [5.41, 5.74) is 0.572. The highest BCUT2D eigenvalue weighted by atomic mass is 35.5. The highest BCUT2D eigenvalue weighted by molar-refractivity contribution is 6.17. The molecule has 6 nitrogen and oxygen atoms in total. The van der Waals surface area contributed by atoms with E-state index in [0.717, 1.165) is 0 Å². The molecule has 0 aliphatic heterocycles. The molecule has 2 rings (SSSR count). The van der Waals surface area contributed by atoms with Gasteiger partial charge < -0.3 is 9.15 Å². The molecule has 19 heavy (non-hydrogen) atoms. The SMILES string of the molecule is COc1cc(-c2cnc(CCCl)o2)ccc1[N+](=O)[O-]. The Morgan fingerprint density at radius 2 is 2.32 bits per heavy atom. The second-order valence-corrected chi connectivity index (χ2v) is 4.08. The molecule has 0 unspecified atom stereocenters. The molecule has 0 aliphatic rings. The lowest BCUT2D eigenvalue weighted by Crippen LogP contribution is -1.93. The number of methoxy groups -OCH3 is 1. The molecule has 0 bridgehead atoms. The van der Waals surface area contributed by atoms with E-state index in [2.05, 4.69) is 4.98 Å². The van der Waals surface area contributed by atoms with Crippen LogP contribution in [0.3, 0.4) is 0 Å². The summed E-state index contributed by atoms with van der Waals surface area (Å²) in [5, 5.41) is 10.8. The van der Waals surface area contributed by atoms with Gasteiger partial charge in [0.05, 0.1) is 18.2 Å². The predicted octanol–water partition coefficient (Wildman–Crippen LogP) is 3.04. The number of hydrogen-bond donors (Lipinski definition) is 0. The summed E-state index contributed by atoms with van der Waals surface area (Å²) in [4.78, 5) is 14.4. The number of alkyl halides is 1. The standard InChI is InChI=1S/C12H11ClN2O4/c1-18-10-6-8(2-3-9(10)15(16)17)11-7-14-12(19-11)4-5-13/h2-3,6-7H,4-5H2,1H3. The second kappa shape index (κ2) is 5.71. The first-order valence-electron chi connectivity index (χ1n) is 5.49. The molecular weight excluding hydrogens is 272 g/mol. The van der Waals surface area contributed by atoms with Gasteiger partial charge in [-0.25, -0.2) is 4.98 Å². The Bertz CT molecular complexity index is 597. The molecule has 0 aliphatic carbocycles. The number of hydrogen-bond acceptors (Lipinski definition) is 5. The monoisotopic (exact) mass is 282 g/mol. The van der Waals surface area contributed by atoms with Gasteiger partial charge in [0, 0.05) is 23.9 Å². The normalized spacial score (nSPS) is 10.4. The van der Waals surface area contributed by atoms with E-state index in [9.17, 15) is 10.1 Å². The van der Waals surface area contributed by atoms with Crippen LogP contribution >= 0.6 is 11.6 Å². The van der Waals surface area contributed by atoms with Crippen molar-refractivity contribution in [2.75, 3.05) is 13.0 Å². The largest absolute Gasteiger partial charge is 0.490 e. The van der Waals surface area contributed by atoms with Gasteiger partial charge in [-0.05, 0) is 12.1 Å². The molecule has 1 heterocycles. The van der Waals surface area contributed by atoms with Gasteiger partial charge in [-0.3, -0.25) is 10.1 Å². The van der Waals surface area contributed by atoms with Crippen LogP contribution < -0.4 is 4.74 Å². The number of halogens is 1. The van der Waals surface area contributed by atoms with Gasteiger partial charge in [-0.1, -0.05) is 0 Å². The number of nitro groups is 1. The first-order chi connectivity index (χ1) is 9.15. The van der Waals surface area contributed by atoms with Crippen molar-refractivity contribution in [1.82, 2.24) is 4.98 Å². The number of nitrogens with zero attached hydrogens (tertiary/aromatic N) is 2. The Morgan fingerprint density at radius 1 is 1.53 bits per heavy atom. The van der Waals surface area contributed by atoms with Crippen LogP contribution in [-0.4, -0.2) is 22.9 Å². The third kappa shape index (κ3) is 2.85. The maximum atomic E-state index is 10.8. The number of aryl methyl sites for hydroxylation is 1. The van der Waals surface area contributed by atoms with Crippen molar-refractivity contribution in [1.29, 1.82) is 0 Å². The molecule has 0 spiro atoms. The molecule has 0 N–H and O–H groups in total. The molecule has 0 saturated carbocycles. The second-order valence-electron chi connectivity index (χ2n) is 3.70. The van der Waals surface area contributed by atoms with E-state index in [1.165, 1.54) is 13.2 Å². The summed E-state index contributed by atoms with van der Waals surface area (Å²) in [7, 11) is 1.38. The minimum atomic E-state index is -0.498. The van der Waals surface area contributed by atoms with Gasteiger partial charge in [0.15, 0.2) is 17.4 Å². The van der Waals surface area contributed by atoms with Crippen LogP contribution in [-0.2, 0) is 6.42 Å². The van der Waals surface area contributed by atoms with Crippen molar-refractivity contribution < 1.29 is 14.1 Å². The topological polar surface area (TPSA) is 78.4 Å². The number of aromatic nitrogens is 1. The first kappa shape index (κ1) is 13.4. The quantitative estimate of drug-likeness (QED) is 0.478. The lowest BCUT2D eigenvalue weighted by Gasteiger charge is -2.03. The molecular formula is C12H11ClN2O4. The summed E-state index contributed by atoms with van der Waals surface area (Å²) in [6.07, 6.45) is 2.09. The van der Waals surface area contributed by atoms with Crippen LogP contribution in [0.25, 0.3) is 11.3 Å². The van der Waals surface area contributed by atoms with Crippen LogP contribution in [0.2, 0.25) is 0 Å². The van der Waals surface area contributed by atoms with Crippen LogP contribution in [0.1, 0.15) is 5.89 Å². The summed E-state index contributed by atoms with van der Waals surface area (Å²) >= 11 is 5.60. The van der Waals surface area contributed by atoms with Crippen molar-refractivity contribution in [2.24, 2.45) is 0 Å². The van der Waals surface area contributed by atoms with Crippen molar-refractivity contribution >= 4 is 17.3 Å². The highest BCUT2D eigenvalue weighted by Crippen LogP contribution is 2.32. The Balaban J connectivity index is 2.36. The number of oxazole rings is 1. The number of nitro benzene ring substituents is 1. The maximum absolute atomic E-state index is 10.8. The highest BCUT2D eigenvalue weighted by Gasteiger charge is 2.16. The third-order valence-corrected chi connectivity index (χ3v) is 2.71. The molecule has 0 atom stereocenters. The maximum Gasteiger partial charge on any atom is 0.310 e. The van der Waals surface area contributed by atoms with E-state index in [0.29, 0.717) is 29.5 Å². The van der Waals surface area contributed by atoms with Gasteiger partial charge in [-0.15, -0.1) is 11.6 Å². The predicted molar refractivity (Wildman–Crippen MR) is 69.6 cm³/mol. The van der Waals surface area contributed by atoms with Crippen molar-refractivity contribution in [3.05, 3.63) is 40.4 Å². The zero-order chi connectivity index (χ0) is 13.8. The molecule has 1 aromatic heterocycles. The fourth-order valence-electron chi connectivity index (χ4n) is 1.62. The number of rotatable bonds is 5. The van der Waals surface area contributed by atoms with Gasteiger partial charge >= 0.3 is 5.69 Å². The first-order valence-corrected chi connectivity index (χ1v) is 6.02. The summed E-state index contributed by atoms with van der Waals surface area (Å²) in [5.74, 6) is 1.65. The van der Waals surface area contributed by atoms with E-state index in [1.54, 1.807) is 18.3 Å². The molecule has 100 valence electrons. The van der Waals surface area contributed by atoms with Crippen LogP contribution in [0.5, 0.6) is 5.75 Å². The fourth-order valence-corrected chi connectivity index (χ4v) is 1.78. The average molecular weight is 283 g/mol. The van der Waals surface area contributed by atoms with Gasteiger partial charge in [0.25, 0.3) is 0 Å². The summed E-state index contributed by atoms with van der Waals surface area (Å²) in [6, 6.07) is 4.51. The molecule has 0 fully saturated rings. The Hall–Kier alpha value is -2.08. The summed E-state index contributed by atoms with van der Waals surface area (Å²) in [6.45, 7) is 0. The van der Waals surface area contributed by atoms with Crippen LogP contribution in [0, 0.1) is 10.1 Å². The molecule has 0 amide bonds. The van der Waals surface area contributed by atoms with Crippen molar-refractivity contribution in [2.45, 2.75) is 6.42 Å². The van der Waals surface area contributed by atoms with E-state index in [4.69, 9.17) is 20.8 Å². The molecule has 0 radical (unpaired) electrons. The van der Waals surface area contributed by atoms with Gasteiger partial charge in [-0.2, -0.15) is 0 Å². The fraction of sp³-hybridized carbons (Fsp3) is 0.250. The van der Waals surface area contributed by atoms with E-state index in [-0.39, 0.29) is 11.4 Å². The van der Waals surface area contributed by atoms with E-state index < -0.39 is 4.92 Å². The van der Waals surface area contributed by atoms with E-state index >= 15 is 0 Å². The van der Waals surface area contributed by atoms with Crippen LogP contribution in [0.15, 0.2) is 28.8 Å². The number of ether oxygens (including phenoxy) is 1. The summed E-state index contributed by atoms with van der Waals surface area (Å²) < 4.78 is 10.5. The van der Waals surface area contributed by atoms with Crippen LogP contribution in [0.4, 0.5) is 5.69 Å². The Kier molecular flexibility index (Phi) is 4.01. The van der Waals surface area contributed by atoms with Crippen molar-refractivity contribution in [3.8, 4) is 17.1 Å². The Morgan fingerprint density at radius 3 is 2.95 bits per heavy atom. The zero-order valence-electron chi connectivity index (χ0n) is 10.1. The lowest BCUT2D eigenvalue weighted by atomic mass is 10.1.